The highest BCUT2D eigenvalue weighted by Crippen LogP contribution is 2.12. The standard InChI is InChI=1S/C14H22N2/c1-4-11(2)9-14(16-15)10-13-7-5-12(3)6-8-13/h5-8,14,16H,2,4,9-10,15H2,1,3H3. The number of hydrogen-bond acceptors (Lipinski definition) is 2. The number of hydrazine groups is 1. The minimum atomic E-state index is 0.287. The van der Waals surface area contributed by atoms with Crippen LogP contribution in [0.15, 0.2) is 36.4 Å². The van der Waals surface area contributed by atoms with E-state index in [1.165, 1.54) is 16.7 Å². The molecule has 2 nitrogen and oxygen atoms in total. The number of benzene rings is 1. The van der Waals surface area contributed by atoms with Gasteiger partial charge in [-0.2, -0.15) is 0 Å². The molecule has 88 valence electrons. The van der Waals surface area contributed by atoms with E-state index in [2.05, 4.69) is 50.1 Å². The van der Waals surface area contributed by atoms with Gasteiger partial charge in [-0.15, -0.1) is 0 Å². The first-order valence-electron chi connectivity index (χ1n) is 5.84. The van der Waals surface area contributed by atoms with Gasteiger partial charge in [0.05, 0.1) is 0 Å². The van der Waals surface area contributed by atoms with E-state index >= 15 is 0 Å². The fourth-order valence-corrected chi connectivity index (χ4v) is 1.69. The van der Waals surface area contributed by atoms with E-state index in [-0.39, 0.29) is 6.04 Å². The first-order chi connectivity index (χ1) is 7.65. The molecule has 0 radical (unpaired) electrons. The van der Waals surface area contributed by atoms with E-state index in [0.29, 0.717) is 0 Å². The Balaban J connectivity index is 2.56. The van der Waals surface area contributed by atoms with Crippen molar-refractivity contribution in [3.63, 3.8) is 0 Å². The van der Waals surface area contributed by atoms with Gasteiger partial charge in [-0.25, -0.2) is 0 Å². The summed E-state index contributed by atoms with van der Waals surface area (Å²) < 4.78 is 0. The molecule has 1 atom stereocenters. The van der Waals surface area contributed by atoms with Gasteiger partial charge in [0, 0.05) is 6.04 Å². The van der Waals surface area contributed by atoms with Crippen LogP contribution in [-0.2, 0) is 6.42 Å². The van der Waals surface area contributed by atoms with Gasteiger partial charge in [0.1, 0.15) is 0 Å². The summed E-state index contributed by atoms with van der Waals surface area (Å²) in [5.74, 6) is 5.56. The fourth-order valence-electron chi connectivity index (χ4n) is 1.69. The molecule has 0 bridgehead atoms. The molecule has 0 spiro atoms. The van der Waals surface area contributed by atoms with E-state index in [0.717, 1.165) is 19.3 Å². The van der Waals surface area contributed by atoms with Crippen molar-refractivity contribution in [2.24, 2.45) is 5.84 Å². The van der Waals surface area contributed by atoms with Crippen LogP contribution in [0.1, 0.15) is 30.9 Å². The Bertz CT molecular complexity index is 327. The summed E-state index contributed by atoms with van der Waals surface area (Å²) in [5.41, 5.74) is 6.72. The molecule has 1 rings (SSSR count). The van der Waals surface area contributed by atoms with E-state index in [1.54, 1.807) is 0 Å². The Morgan fingerprint density at radius 3 is 2.50 bits per heavy atom. The molecule has 1 aromatic rings. The second-order valence-corrected chi connectivity index (χ2v) is 4.36. The van der Waals surface area contributed by atoms with Gasteiger partial charge >= 0.3 is 0 Å². The van der Waals surface area contributed by atoms with Crippen molar-refractivity contribution in [3.8, 4) is 0 Å². The second kappa shape index (κ2) is 6.46. The molecule has 0 aliphatic heterocycles. The lowest BCUT2D eigenvalue weighted by Crippen LogP contribution is -2.37. The van der Waals surface area contributed by atoms with Crippen LogP contribution in [0, 0.1) is 6.92 Å². The molecule has 0 aliphatic rings. The summed E-state index contributed by atoms with van der Waals surface area (Å²) in [5, 5.41) is 0. The number of nitrogens with two attached hydrogens (primary N) is 1. The molecule has 16 heavy (non-hydrogen) atoms. The SMILES string of the molecule is C=C(CC)CC(Cc1ccc(C)cc1)NN. The minimum absolute atomic E-state index is 0.287. The number of aryl methyl sites for hydroxylation is 1. The molecule has 0 aromatic heterocycles. The summed E-state index contributed by atoms with van der Waals surface area (Å²) >= 11 is 0. The summed E-state index contributed by atoms with van der Waals surface area (Å²) in [7, 11) is 0. The van der Waals surface area contributed by atoms with Crippen molar-refractivity contribution in [1.82, 2.24) is 5.43 Å². The van der Waals surface area contributed by atoms with Crippen molar-refractivity contribution in [2.75, 3.05) is 0 Å². The van der Waals surface area contributed by atoms with Crippen LogP contribution in [0.5, 0.6) is 0 Å². The van der Waals surface area contributed by atoms with Crippen molar-refractivity contribution in [2.45, 2.75) is 39.2 Å². The van der Waals surface area contributed by atoms with Gasteiger partial charge in [-0.1, -0.05) is 48.9 Å². The maximum absolute atomic E-state index is 5.56. The second-order valence-electron chi connectivity index (χ2n) is 4.36. The van der Waals surface area contributed by atoms with Gasteiger partial charge < -0.3 is 0 Å². The molecule has 0 amide bonds. The fraction of sp³-hybridized carbons (Fsp3) is 0.429. The highest BCUT2D eigenvalue weighted by Gasteiger charge is 2.08. The molecular weight excluding hydrogens is 196 g/mol. The van der Waals surface area contributed by atoms with E-state index < -0.39 is 0 Å². The monoisotopic (exact) mass is 218 g/mol. The van der Waals surface area contributed by atoms with Crippen LogP contribution < -0.4 is 11.3 Å². The topological polar surface area (TPSA) is 38.0 Å². The van der Waals surface area contributed by atoms with Crippen LogP contribution in [0.3, 0.4) is 0 Å². The third-order valence-corrected chi connectivity index (χ3v) is 2.87. The van der Waals surface area contributed by atoms with Crippen molar-refractivity contribution in [1.29, 1.82) is 0 Å². The summed E-state index contributed by atoms with van der Waals surface area (Å²) in [6, 6.07) is 8.88. The van der Waals surface area contributed by atoms with Gasteiger partial charge in [0.15, 0.2) is 0 Å². The van der Waals surface area contributed by atoms with Crippen LogP contribution in [0.25, 0.3) is 0 Å². The maximum Gasteiger partial charge on any atom is 0.0287 e. The van der Waals surface area contributed by atoms with Crippen LogP contribution >= 0.6 is 0 Å². The van der Waals surface area contributed by atoms with Gasteiger partial charge in [0.2, 0.25) is 0 Å². The lowest BCUT2D eigenvalue weighted by atomic mass is 9.98. The first kappa shape index (κ1) is 12.9. The molecule has 2 heteroatoms. The van der Waals surface area contributed by atoms with Crippen molar-refractivity contribution < 1.29 is 0 Å². The third-order valence-electron chi connectivity index (χ3n) is 2.87. The first-order valence-corrected chi connectivity index (χ1v) is 5.84. The Hall–Kier alpha value is -1.12. The Morgan fingerprint density at radius 2 is 2.00 bits per heavy atom. The van der Waals surface area contributed by atoms with Crippen LogP contribution in [-0.4, -0.2) is 6.04 Å². The zero-order valence-corrected chi connectivity index (χ0v) is 10.3. The summed E-state index contributed by atoms with van der Waals surface area (Å²) in [4.78, 5) is 0. The Labute approximate surface area is 98.5 Å². The van der Waals surface area contributed by atoms with Crippen molar-refractivity contribution in [3.05, 3.63) is 47.5 Å². The maximum atomic E-state index is 5.56. The summed E-state index contributed by atoms with van der Waals surface area (Å²) in [6.07, 6.45) is 2.92. The molecule has 0 aliphatic carbocycles. The molecule has 0 fully saturated rings. The average Bonchev–Trinajstić information content (AvgIpc) is 2.30. The molecule has 0 saturated carbocycles. The van der Waals surface area contributed by atoms with Gasteiger partial charge in [0.25, 0.3) is 0 Å². The predicted octanol–water partition coefficient (Wildman–Crippen LogP) is 2.73. The van der Waals surface area contributed by atoms with E-state index in [9.17, 15) is 0 Å². The number of nitrogens with one attached hydrogen (secondary N) is 1. The van der Waals surface area contributed by atoms with Crippen molar-refractivity contribution >= 4 is 0 Å². The third kappa shape index (κ3) is 4.17. The number of rotatable bonds is 6. The zero-order valence-electron chi connectivity index (χ0n) is 10.3. The van der Waals surface area contributed by atoms with Gasteiger partial charge in [-0.3, -0.25) is 11.3 Å². The molecule has 0 heterocycles. The normalized spacial score (nSPS) is 12.4. The zero-order chi connectivity index (χ0) is 12.0. The molecule has 0 saturated heterocycles. The Morgan fingerprint density at radius 1 is 1.38 bits per heavy atom. The Kier molecular flexibility index (Phi) is 5.23. The minimum Gasteiger partial charge on any atom is -0.271 e. The lowest BCUT2D eigenvalue weighted by molar-refractivity contribution is 0.516. The molecule has 1 unspecified atom stereocenters. The van der Waals surface area contributed by atoms with E-state index in [1.807, 2.05) is 0 Å². The van der Waals surface area contributed by atoms with E-state index in [4.69, 9.17) is 5.84 Å². The highest BCUT2D eigenvalue weighted by atomic mass is 15.2. The average molecular weight is 218 g/mol. The predicted molar refractivity (Wildman–Crippen MR) is 70.0 cm³/mol. The molecule has 3 N–H and O–H groups in total. The number of hydrogen-bond donors (Lipinski definition) is 2. The summed E-state index contributed by atoms with van der Waals surface area (Å²) in [6.45, 7) is 8.25. The molecule has 1 aromatic carbocycles. The van der Waals surface area contributed by atoms with Crippen LogP contribution in [0.2, 0.25) is 0 Å². The smallest absolute Gasteiger partial charge is 0.0287 e. The lowest BCUT2D eigenvalue weighted by Gasteiger charge is -2.16. The van der Waals surface area contributed by atoms with Gasteiger partial charge in [-0.05, 0) is 31.7 Å². The quantitative estimate of drug-likeness (QED) is 0.438. The largest absolute Gasteiger partial charge is 0.271 e. The van der Waals surface area contributed by atoms with Crippen LogP contribution in [0.4, 0.5) is 0 Å². The highest BCUT2D eigenvalue weighted by molar-refractivity contribution is 5.22. The molecular formula is C14H22N2.